The number of carbonyl (C=O) groups excluding carboxylic acids is 4. The minimum Gasteiger partial charge on any atom is -0.463 e. The number of ether oxygens (including phenoxy) is 2. The summed E-state index contributed by atoms with van der Waals surface area (Å²) in [6.07, 6.45) is 8.14. The number of benzene rings is 2. The first kappa shape index (κ1) is 39.3. The lowest BCUT2D eigenvalue weighted by molar-refractivity contribution is -0.138. The summed E-state index contributed by atoms with van der Waals surface area (Å²) in [4.78, 5) is 46.5. The Balaban J connectivity index is 0.000000286. The Labute approximate surface area is 287 Å². The molecule has 2 saturated heterocycles. The molecule has 0 aliphatic carbocycles. The Hall–Kier alpha value is -4.12. The van der Waals surface area contributed by atoms with Gasteiger partial charge in [-0.3, -0.25) is 9.59 Å². The van der Waals surface area contributed by atoms with Crippen molar-refractivity contribution in [2.45, 2.75) is 56.5 Å². The summed E-state index contributed by atoms with van der Waals surface area (Å²) in [7, 11) is -7.28. The largest absolute Gasteiger partial charge is 0.463 e. The molecular weight excluding hydrogens is 677 g/mol. The lowest BCUT2D eigenvalue weighted by atomic mass is 9.99. The van der Waals surface area contributed by atoms with Crippen molar-refractivity contribution in [3.05, 3.63) is 66.8 Å². The van der Waals surface area contributed by atoms with E-state index in [0.29, 0.717) is 32.4 Å². The SMILES string of the molecule is CCOC(=O)/C=C/[C@H](C[C@@H]1CCNC1=O)NS(=O)(=O)c1ccc2ccccc2c1.CCOC(=O)/C=C/[C@H](C[C@@H]1CCNC1=O)NS(C)(=O)=O. The molecule has 4 rings (SSSR count). The van der Waals surface area contributed by atoms with E-state index in [-0.39, 0.29) is 48.2 Å². The van der Waals surface area contributed by atoms with Gasteiger partial charge in [-0.05, 0) is 62.4 Å². The van der Waals surface area contributed by atoms with Crippen LogP contribution in [0.15, 0.2) is 71.7 Å². The van der Waals surface area contributed by atoms with E-state index in [2.05, 4.69) is 20.1 Å². The summed E-state index contributed by atoms with van der Waals surface area (Å²) in [5.74, 6) is -1.85. The average Bonchev–Trinajstić information content (AvgIpc) is 3.64. The van der Waals surface area contributed by atoms with Crippen molar-refractivity contribution in [1.82, 2.24) is 20.1 Å². The van der Waals surface area contributed by atoms with E-state index in [0.717, 1.165) is 17.0 Å². The van der Waals surface area contributed by atoms with Crippen molar-refractivity contribution in [2.24, 2.45) is 11.8 Å². The maximum atomic E-state index is 13.0. The molecule has 14 nitrogen and oxygen atoms in total. The molecule has 2 aliphatic heterocycles. The van der Waals surface area contributed by atoms with Crippen LogP contribution in [-0.2, 0) is 48.7 Å². The minimum atomic E-state index is -3.86. The standard InChI is InChI=1S/C21H24N2O5S.C12H20N2O5S/c1-2-28-20(24)10-8-18(13-17-11-12-22-21(17)25)23-29(26,27)19-9-7-15-5-3-4-6-16(15)14-19;1-3-19-11(15)5-4-10(14-20(2,17)18)8-9-6-7-13-12(9)16/h3-10,14,17-18,23H,2,11-13H2,1H3,(H,22,25);4-5,9-10,14H,3,6-8H2,1-2H3,(H,13,16)/b10-8+;5-4+/t17-,18+;9-,10+/m00/s1. The molecule has 2 heterocycles. The zero-order valence-electron chi connectivity index (χ0n) is 27.7. The summed E-state index contributed by atoms with van der Waals surface area (Å²) in [5, 5.41) is 7.18. The van der Waals surface area contributed by atoms with Crippen LogP contribution in [0.5, 0.6) is 0 Å². The molecule has 0 spiro atoms. The van der Waals surface area contributed by atoms with Crippen molar-refractivity contribution in [3.63, 3.8) is 0 Å². The van der Waals surface area contributed by atoms with Crippen LogP contribution in [0.2, 0.25) is 0 Å². The maximum Gasteiger partial charge on any atom is 0.330 e. The summed E-state index contributed by atoms with van der Waals surface area (Å²) in [6, 6.07) is 11.0. The quantitative estimate of drug-likeness (QED) is 0.155. The van der Waals surface area contributed by atoms with Gasteiger partial charge in [-0.1, -0.05) is 42.5 Å². The smallest absolute Gasteiger partial charge is 0.330 e. The van der Waals surface area contributed by atoms with E-state index in [4.69, 9.17) is 9.47 Å². The Morgan fingerprint density at radius 3 is 1.73 bits per heavy atom. The molecule has 0 radical (unpaired) electrons. The molecule has 0 aromatic heterocycles. The Morgan fingerprint density at radius 1 is 0.796 bits per heavy atom. The molecule has 2 amide bonds. The Morgan fingerprint density at radius 2 is 1.29 bits per heavy atom. The maximum absolute atomic E-state index is 13.0. The molecule has 2 aromatic rings. The molecule has 0 unspecified atom stereocenters. The van der Waals surface area contributed by atoms with Crippen LogP contribution in [0, 0.1) is 11.8 Å². The zero-order chi connectivity index (χ0) is 36.0. The van der Waals surface area contributed by atoms with E-state index in [1.54, 1.807) is 32.0 Å². The van der Waals surface area contributed by atoms with Crippen LogP contribution in [0.1, 0.15) is 39.5 Å². The summed E-state index contributed by atoms with van der Waals surface area (Å²) in [6.45, 7) is 5.00. The van der Waals surface area contributed by atoms with Gasteiger partial charge in [0.2, 0.25) is 31.9 Å². The molecule has 2 aliphatic rings. The van der Waals surface area contributed by atoms with Gasteiger partial charge >= 0.3 is 11.9 Å². The van der Waals surface area contributed by atoms with Crippen LogP contribution in [0.4, 0.5) is 0 Å². The fourth-order valence-corrected chi connectivity index (χ4v) is 7.30. The van der Waals surface area contributed by atoms with Gasteiger partial charge in [0, 0.05) is 49.2 Å². The predicted molar refractivity (Wildman–Crippen MR) is 183 cm³/mol. The van der Waals surface area contributed by atoms with Gasteiger partial charge in [0.25, 0.3) is 0 Å². The van der Waals surface area contributed by atoms with Gasteiger partial charge < -0.3 is 20.1 Å². The molecule has 4 atom stereocenters. The van der Waals surface area contributed by atoms with Crippen molar-refractivity contribution >= 4 is 54.6 Å². The van der Waals surface area contributed by atoms with Crippen LogP contribution < -0.4 is 20.1 Å². The van der Waals surface area contributed by atoms with Crippen LogP contribution >= 0.6 is 0 Å². The Kier molecular flexibility index (Phi) is 14.9. The van der Waals surface area contributed by atoms with E-state index < -0.39 is 44.1 Å². The van der Waals surface area contributed by atoms with Crippen LogP contribution in [0.3, 0.4) is 0 Å². The number of esters is 2. The third-order valence-electron chi connectivity index (χ3n) is 7.61. The average molecular weight is 721 g/mol. The molecule has 4 N–H and O–H groups in total. The summed E-state index contributed by atoms with van der Waals surface area (Å²) in [5.41, 5.74) is 0. The second kappa shape index (κ2) is 18.6. The number of hydrogen-bond acceptors (Lipinski definition) is 10. The highest BCUT2D eigenvalue weighted by Crippen LogP contribution is 2.22. The number of rotatable bonds is 15. The second-order valence-corrected chi connectivity index (χ2v) is 15.0. The molecule has 0 saturated carbocycles. The van der Waals surface area contributed by atoms with Gasteiger partial charge in [-0.2, -0.15) is 0 Å². The van der Waals surface area contributed by atoms with E-state index in [1.165, 1.54) is 24.3 Å². The number of amides is 2. The number of hydrogen-bond donors (Lipinski definition) is 4. The third kappa shape index (κ3) is 13.4. The van der Waals surface area contributed by atoms with Gasteiger partial charge in [-0.15, -0.1) is 0 Å². The Bertz CT molecular complexity index is 1760. The number of sulfonamides is 2. The first-order chi connectivity index (χ1) is 23.2. The normalized spacial score (nSPS) is 19.2. The van der Waals surface area contributed by atoms with Gasteiger partial charge in [0.15, 0.2) is 0 Å². The van der Waals surface area contributed by atoms with Gasteiger partial charge in [0.05, 0.1) is 24.4 Å². The van der Waals surface area contributed by atoms with Crippen molar-refractivity contribution < 1.29 is 45.5 Å². The van der Waals surface area contributed by atoms with E-state index in [9.17, 15) is 36.0 Å². The predicted octanol–water partition coefficient (Wildman–Crippen LogP) is 1.68. The molecule has 2 fully saturated rings. The monoisotopic (exact) mass is 720 g/mol. The summed E-state index contributed by atoms with van der Waals surface area (Å²) < 4.78 is 63.1. The first-order valence-corrected chi connectivity index (χ1v) is 19.3. The van der Waals surface area contributed by atoms with Gasteiger partial charge in [-0.25, -0.2) is 35.9 Å². The summed E-state index contributed by atoms with van der Waals surface area (Å²) >= 11 is 0. The zero-order valence-corrected chi connectivity index (χ0v) is 29.3. The van der Waals surface area contributed by atoms with Crippen LogP contribution in [-0.4, -0.2) is 85.2 Å². The molecule has 268 valence electrons. The lowest BCUT2D eigenvalue weighted by Gasteiger charge is -2.18. The number of nitrogens with one attached hydrogen (secondary N) is 4. The van der Waals surface area contributed by atoms with E-state index >= 15 is 0 Å². The highest BCUT2D eigenvalue weighted by Gasteiger charge is 2.29. The van der Waals surface area contributed by atoms with Crippen molar-refractivity contribution in [3.8, 4) is 0 Å². The number of fused-ring (bicyclic) bond motifs is 1. The second-order valence-electron chi connectivity index (χ2n) is 11.5. The first-order valence-electron chi connectivity index (χ1n) is 15.9. The van der Waals surface area contributed by atoms with Crippen LogP contribution in [0.25, 0.3) is 10.8 Å². The minimum absolute atomic E-state index is 0.0881. The highest BCUT2D eigenvalue weighted by atomic mass is 32.2. The topological polar surface area (TPSA) is 203 Å². The molecular formula is C33H44N4O10S2. The molecule has 2 aromatic carbocycles. The van der Waals surface area contributed by atoms with E-state index in [1.807, 2.05) is 24.3 Å². The van der Waals surface area contributed by atoms with Gasteiger partial charge in [0.1, 0.15) is 0 Å². The highest BCUT2D eigenvalue weighted by molar-refractivity contribution is 7.89. The van der Waals surface area contributed by atoms with Crippen molar-refractivity contribution in [2.75, 3.05) is 32.6 Å². The molecule has 49 heavy (non-hydrogen) atoms. The van der Waals surface area contributed by atoms with Crippen molar-refractivity contribution in [1.29, 1.82) is 0 Å². The molecule has 16 heteroatoms. The number of carbonyl (C=O) groups is 4. The fourth-order valence-electron chi connectivity index (χ4n) is 5.33. The lowest BCUT2D eigenvalue weighted by Crippen LogP contribution is -2.36. The third-order valence-corrected chi connectivity index (χ3v) is 9.83. The molecule has 0 bridgehead atoms. The fraction of sp³-hybridized carbons (Fsp3) is 0.455.